The standard InChI is InChI=1S/C20H20N5O5/c1-12-4-6-13(7-5-12)15-8-14(22-30-15)10-29-16(26)9-25-11-21-18-17(25)19(27)24(3)20(28)23(18)2/h4-8,11,17H,9-10H2,1-3H3/q+1. The zero-order valence-corrected chi connectivity index (χ0v) is 16.7. The van der Waals surface area contributed by atoms with Crippen molar-refractivity contribution >= 4 is 30.1 Å². The molecular formula is C20H20N5O5+. The molecule has 3 amide bonds. The van der Waals surface area contributed by atoms with Crippen molar-refractivity contribution in [2.24, 2.45) is 4.99 Å². The Morgan fingerprint density at radius 2 is 1.93 bits per heavy atom. The van der Waals surface area contributed by atoms with Crippen LogP contribution in [0, 0.1) is 6.92 Å². The average Bonchev–Trinajstić information content (AvgIpc) is 3.37. The lowest BCUT2D eigenvalue weighted by Gasteiger charge is -2.30. The minimum Gasteiger partial charge on any atom is -0.456 e. The summed E-state index contributed by atoms with van der Waals surface area (Å²) in [5.74, 6) is -0.138. The summed E-state index contributed by atoms with van der Waals surface area (Å²) in [6.07, 6.45) is 1.37. The molecule has 1 saturated heterocycles. The number of imide groups is 1. The first-order valence-electron chi connectivity index (χ1n) is 9.25. The molecule has 2 aliphatic rings. The summed E-state index contributed by atoms with van der Waals surface area (Å²) in [6.45, 7) is 1.74. The van der Waals surface area contributed by atoms with Crippen LogP contribution in [0.5, 0.6) is 0 Å². The van der Waals surface area contributed by atoms with Crippen LogP contribution >= 0.6 is 0 Å². The highest BCUT2D eigenvalue weighted by atomic mass is 16.5. The van der Waals surface area contributed by atoms with Crippen LogP contribution < -0.4 is 0 Å². The first kappa shape index (κ1) is 19.5. The van der Waals surface area contributed by atoms with Gasteiger partial charge in [0.1, 0.15) is 12.3 Å². The van der Waals surface area contributed by atoms with Gasteiger partial charge in [-0.1, -0.05) is 35.0 Å². The highest BCUT2D eigenvalue weighted by Crippen LogP contribution is 2.21. The first-order valence-corrected chi connectivity index (χ1v) is 9.25. The molecule has 10 heteroatoms. The van der Waals surface area contributed by atoms with Gasteiger partial charge in [0, 0.05) is 25.7 Å². The Bertz CT molecular complexity index is 1090. The topological polar surface area (TPSA) is 108 Å². The maximum absolute atomic E-state index is 12.5. The molecule has 0 radical (unpaired) electrons. The molecule has 0 N–H and O–H groups in total. The second kappa shape index (κ2) is 7.54. The van der Waals surface area contributed by atoms with Crippen LogP contribution in [0.3, 0.4) is 0 Å². The van der Waals surface area contributed by atoms with E-state index in [1.54, 1.807) is 6.07 Å². The fraction of sp³-hybridized carbons (Fsp3) is 0.300. The summed E-state index contributed by atoms with van der Waals surface area (Å²) in [7, 11) is 2.92. The van der Waals surface area contributed by atoms with E-state index in [2.05, 4.69) is 10.1 Å². The van der Waals surface area contributed by atoms with Crippen molar-refractivity contribution in [2.75, 3.05) is 20.6 Å². The van der Waals surface area contributed by atoms with E-state index in [0.29, 0.717) is 11.5 Å². The zero-order chi connectivity index (χ0) is 21.4. The molecule has 154 valence electrons. The fourth-order valence-corrected chi connectivity index (χ4v) is 3.26. The van der Waals surface area contributed by atoms with Gasteiger partial charge in [0.05, 0.1) is 0 Å². The summed E-state index contributed by atoms with van der Waals surface area (Å²) < 4.78 is 12.0. The van der Waals surface area contributed by atoms with E-state index in [9.17, 15) is 14.4 Å². The molecule has 1 fully saturated rings. The molecule has 3 heterocycles. The second-order valence-corrected chi connectivity index (χ2v) is 7.13. The Morgan fingerprint density at radius 1 is 1.20 bits per heavy atom. The van der Waals surface area contributed by atoms with Crippen LogP contribution in [0.2, 0.25) is 0 Å². The number of carbonyl (C=O) groups excluding carboxylic acids is 3. The molecule has 1 aromatic heterocycles. The van der Waals surface area contributed by atoms with E-state index in [1.165, 1.54) is 29.9 Å². The number of aryl methyl sites for hydroxylation is 1. The van der Waals surface area contributed by atoms with Gasteiger partial charge in [0.2, 0.25) is 0 Å². The number of benzene rings is 1. The van der Waals surface area contributed by atoms with Gasteiger partial charge in [-0.25, -0.2) is 14.2 Å². The zero-order valence-electron chi connectivity index (χ0n) is 16.7. The number of ether oxygens (including phenoxy) is 1. The highest BCUT2D eigenvalue weighted by Gasteiger charge is 2.50. The lowest BCUT2D eigenvalue weighted by Crippen LogP contribution is -2.61. The van der Waals surface area contributed by atoms with Crippen LogP contribution in [-0.2, 0) is 20.9 Å². The van der Waals surface area contributed by atoms with Crippen molar-refractivity contribution in [3.63, 3.8) is 0 Å². The Morgan fingerprint density at radius 3 is 2.67 bits per heavy atom. The van der Waals surface area contributed by atoms with Gasteiger partial charge in [-0.2, -0.15) is 0 Å². The largest absolute Gasteiger partial charge is 0.456 e. The number of fused-ring (bicyclic) bond motifs is 1. The van der Waals surface area contributed by atoms with Crippen molar-refractivity contribution in [3.8, 4) is 11.3 Å². The van der Waals surface area contributed by atoms with E-state index in [1.807, 2.05) is 31.2 Å². The van der Waals surface area contributed by atoms with Gasteiger partial charge in [0.25, 0.3) is 24.1 Å². The number of hydrogen-bond donors (Lipinski definition) is 0. The molecule has 4 rings (SSSR count). The molecule has 0 spiro atoms. The number of carbonyl (C=O) groups is 3. The third-order valence-corrected chi connectivity index (χ3v) is 4.98. The maximum Gasteiger partial charge on any atom is 0.348 e. The number of aliphatic imine (C=N–C) groups is 1. The number of likely N-dealkylation sites (N-methyl/N-ethyl adjacent to an activating group) is 2. The Hall–Kier alpha value is -3.82. The number of nitrogens with zero attached hydrogens (tertiary/aromatic N) is 5. The number of amidine groups is 1. The number of aromatic nitrogens is 1. The average molecular weight is 410 g/mol. The first-order chi connectivity index (χ1) is 14.3. The Kier molecular flexibility index (Phi) is 4.90. The van der Waals surface area contributed by atoms with E-state index in [4.69, 9.17) is 9.26 Å². The molecule has 0 aliphatic carbocycles. The minimum atomic E-state index is -0.828. The smallest absolute Gasteiger partial charge is 0.348 e. The Labute approximate surface area is 172 Å². The van der Waals surface area contributed by atoms with Gasteiger partial charge < -0.3 is 9.26 Å². The van der Waals surface area contributed by atoms with Crippen molar-refractivity contribution in [2.45, 2.75) is 19.6 Å². The van der Waals surface area contributed by atoms with E-state index >= 15 is 0 Å². The number of rotatable bonds is 5. The Balaban J connectivity index is 1.35. The van der Waals surface area contributed by atoms with Crippen molar-refractivity contribution in [1.29, 1.82) is 0 Å². The van der Waals surface area contributed by atoms with Crippen molar-refractivity contribution in [3.05, 3.63) is 41.6 Å². The molecule has 30 heavy (non-hydrogen) atoms. The molecule has 10 nitrogen and oxygen atoms in total. The normalized spacial score (nSPS) is 18.3. The van der Waals surface area contributed by atoms with Crippen LogP contribution in [0.4, 0.5) is 4.79 Å². The highest BCUT2D eigenvalue weighted by molar-refractivity contribution is 6.21. The SMILES string of the molecule is Cc1ccc(-c2cc(COC(=O)C[N+]3=CN=C4C3C(=O)N(C)C(=O)N4C)no2)cc1. The molecule has 2 aliphatic heterocycles. The van der Waals surface area contributed by atoms with Crippen LogP contribution in [0.15, 0.2) is 39.8 Å². The van der Waals surface area contributed by atoms with Gasteiger partial charge in [-0.15, -0.1) is 0 Å². The number of amides is 3. The summed E-state index contributed by atoms with van der Waals surface area (Å²) in [4.78, 5) is 43.1. The summed E-state index contributed by atoms with van der Waals surface area (Å²) in [5.41, 5.74) is 2.48. The summed E-state index contributed by atoms with van der Waals surface area (Å²) >= 11 is 0. The molecule has 2 aromatic rings. The van der Waals surface area contributed by atoms with Crippen LogP contribution in [-0.4, -0.2) is 76.3 Å². The maximum atomic E-state index is 12.5. The van der Waals surface area contributed by atoms with E-state index in [-0.39, 0.29) is 19.0 Å². The third kappa shape index (κ3) is 3.47. The van der Waals surface area contributed by atoms with Crippen molar-refractivity contribution < 1.29 is 28.2 Å². The second-order valence-electron chi connectivity index (χ2n) is 7.13. The number of urea groups is 1. The van der Waals surface area contributed by atoms with Crippen LogP contribution in [0.1, 0.15) is 11.3 Å². The number of hydrogen-bond acceptors (Lipinski definition) is 7. The number of esters is 1. The molecule has 1 unspecified atom stereocenters. The van der Waals surface area contributed by atoms with Crippen LogP contribution in [0.25, 0.3) is 11.3 Å². The van der Waals surface area contributed by atoms with Gasteiger partial charge in [-0.05, 0) is 11.9 Å². The fourth-order valence-electron chi connectivity index (χ4n) is 3.26. The summed E-state index contributed by atoms with van der Waals surface area (Å²) in [5, 5.41) is 3.92. The molecule has 1 aromatic carbocycles. The van der Waals surface area contributed by atoms with E-state index < -0.39 is 23.9 Å². The van der Waals surface area contributed by atoms with Gasteiger partial charge >= 0.3 is 12.0 Å². The summed E-state index contributed by atoms with van der Waals surface area (Å²) in [6, 6.07) is 8.19. The monoisotopic (exact) mass is 410 g/mol. The molecule has 0 bridgehead atoms. The molecular weight excluding hydrogens is 390 g/mol. The third-order valence-electron chi connectivity index (χ3n) is 4.98. The predicted octanol–water partition coefficient (Wildman–Crippen LogP) is 1.04. The van der Waals surface area contributed by atoms with Gasteiger partial charge in [-0.3, -0.25) is 14.6 Å². The van der Waals surface area contributed by atoms with Crippen molar-refractivity contribution in [1.82, 2.24) is 15.0 Å². The molecule has 0 saturated carbocycles. The lowest BCUT2D eigenvalue weighted by molar-refractivity contribution is -0.521. The molecule has 1 atom stereocenters. The lowest BCUT2D eigenvalue weighted by atomic mass is 10.1. The minimum absolute atomic E-state index is 0.0628. The van der Waals surface area contributed by atoms with Gasteiger partial charge in [0.15, 0.2) is 12.3 Å². The quantitative estimate of drug-likeness (QED) is 0.538. The predicted molar refractivity (Wildman–Crippen MR) is 105 cm³/mol. The van der Waals surface area contributed by atoms with E-state index in [0.717, 1.165) is 16.0 Å².